The first-order valence-electron chi connectivity index (χ1n) is 6.21. The van der Waals surface area contributed by atoms with Crippen molar-refractivity contribution in [2.45, 2.75) is 32.4 Å². The average Bonchev–Trinajstić information content (AvgIpc) is 2.31. The van der Waals surface area contributed by atoms with Gasteiger partial charge in [0.15, 0.2) is 0 Å². The molecule has 1 amide bonds. The first-order chi connectivity index (χ1) is 8.52. The second kappa shape index (κ2) is 7.44. The smallest absolute Gasteiger partial charge is 0.234 e. The molecule has 3 N–H and O–H groups in total. The molecule has 0 saturated heterocycles. The van der Waals surface area contributed by atoms with Crippen LogP contribution in [0.4, 0.5) is 5.69 Å². The van der Waals surface area contributed by atoms with Gasteiger partial charge in [-0.3, -0.25) is 4.79 Å². The van der Waals surface area contributed by atoms with Crippen LogP contribution in [0.15, 0.2) is 18.2 Å². The van der Waals surface area contributed by atoms with Gasteiger partial charge in [-0.15, -0.1) is 11.8 Å². The van der Waals surface area contributed by atoms with Crippen molar-refractivity contribution in [3.8, 4) is 0 Å². The van der Waals surface area contributed by atoms with E-state index in [0.717, 1.165) is 17.7 Å². The summed E-state index contributed by atoms with van der Waals surface area (Å²) in [7, 11) is 0. The first-order valence-corrected chi connectivity index (χ1v) is 7.26. The van der Waals surface area contributed by atoms with Crippen LogP contribution in [0.1, 0.15) is 24.5 Å². The molecule has 1 atom stereocenters. The van der Waals surface area contributed by atoms with Crippen molar-refractivity contribution in [3.63, 3.8) is 0 Å². The zero-order valence-electron chi connectivity index (χ0n) is 11.3. The van der Waals surface area contributed by atoms with Gasteiger partial charge in [-0.25, -0.2) is 0 Å². The number of carbonyl (C=O) groups is 1. The Balaban J connectivity index is 2.44. The molecule has 0 saturated carbocycles. The van der Waals surface area contributed by atoms with Gasteiger partial charge in [-0.1, -0.05) is 24.6 Å². The molecule has 1 aromatic carbocycles. The monoisotopic (exact) mass is 266 g/mol. The lowest BCUT2D eigenvalue weighted by atomic mass is 10.1. The van der Waals surface area contributed by atoms with E-state index in [1.165, 1.54) is 5.56 Å². The Hall–Kier alpha value is -1.00. The van der Waals surface area contributed by atoms with Gasteiger partial charge in [0, 0.05) is 10.9 Å². The van der Waals surface area contributed by atoms with Crippen molar-refractivity contribution in [1.82, 2.24) is 0 Å². The summed E-state index contributed by atoms with van der Waals surface area (Å²) in [6, 6.07) is 6.03. The number of anilines is 1. The van der Waals surface area contributed by atoms with Gasteiger partial charge >= 0.3 is 0 Å². The fraction of sp³-hybridized carbons (Fsp3) is 0.500. The van der Waals surface area contributed by atoms with Crippen LogP contribution in [0.25, 0.3) is 0 Å². The molecule has 0 bridgehead atoms. The van der Waals surface area contributed by atoms with E-state index in [4.69, 9.17) is 5.73 Å². The summed E-state index contributed by atoms with van der Waals surface area (Å²) >= 11 is 1.65. The Morgan fingerprint density at radius 3 is 2.78 bits per heavy atom. The maximum atomic E-state index is 11.8. The number of hydrogen-bond donors (Lipinski definition) is 2. The summed E-state index contributed by atoms with van der Waals surface area (Å²) in [5.74, 6) is 0.532. The van der Waals surface area contributed by atoms with Crippen LogP contribution in [-0.2, 0) is 4.79 Å². The van der Waals surface area contributed by atoms with Gasteiger partial charge in [-0.2, -0.15) is 0 Å². The molecule has 1 rings (SSSR count). The lowest BCUT2D eigenvalue weighted by Gasteiger charge is -2.11. The molecule has 18 heavy (non-hydrogen) atoms. The van der Waals surface area contributed by atoms with Crippen LogP contribution in [0.3, 0.4) is 0 Å². The molecule has 3 nitrogen and oxygen atoms in total. The van der Waals surface area contributed by atoms with Crippen molar-refractivity contribution in [2.75, 3.05) is 17.6 Å². The molecular weight excluding hydrogens is 244 g/mol. The highest BCUT2D eigenvalue weighted by atomic mass is 32.2. The summed E-state index contributed by atoms with van der Waals surface area (Å²) in [5.41, 5.74) is 8.69. The predicted octanol–water partition coefficient (Wildman–Crippen LogP) is 2.71. The van der Waals surface area contributed by atoms with E-state index >= 15 is 0 Å². The van der Waals surface area contributed by atoms with Crippen molar-refractivity contribution >= 4 is 23.4 Å². The number of rotatable bonds is 6. The van der Waals surface area contributed by atoms with Gasteiger partial charge < -0.3 is 11.1 Å². The molecule has 0 aromatic heterocycles. The fourth-order valence-electron chi connectivity index (χ4n) is 1.68. The molecule has 0 spiro atoms. The van der Waals surface area contributed by atoms with Crippen LogP contribution in [0, 0.1) is 13.8 Å². The lowest BCUT2D eigenvalue weighted by molar-refractivity contribution is -0.113. The van der Waals surface area contributed by atoms with Crippen molar-refractivity contribution in [3.05, 3.63) is 29.3 Å². The third-order valence-electron chi connectivity index (χ3n) is 2.73. The maximum absolute atomic E-state index is 11.8. The lowest BCUT2D eigenvalue weighted by Crippen LogP contribution is -2.17. The summed E-state index contributed by atoms with van der Waals surface area (Å²) in [6.07, 6.45) is 0.946. The molecule has 4 heteroatoms. The molecule has 0 aliphatic heterocycles. The molecule has 1 aromatic rings. The van der Waals surface area contributed by atoms with Gasteiger partial charge in [0.25, 0.3) is 0 Å². The zero-order chi connectivity index (χ0) is 13.5. The third-order valence-corrected chi connectivity index (χ3v) is 3.96. The Bertz CT molecular complexity index is 407. The minimum Gasteiger partial charge on any atom is -0.330 e. The molecule has 0 aliphatic carbocycles. The van der Waals surface area contributed by atoms with Crippen molar-refractivity contribution in [1.29, 1.82) is 0 Å². The SMILES string of the molecule is Cc1ccc(NC(=O)CSC(C)CCN)c(C)c1. The highest BCUT2D eigenvalue weighted by Gasteiger charge is 2.08. The van der Waals surface area contributed by atoms with Gasteiger partial charge in [0.1, 0.15) is 0 Å². The fourth-order valence-corrected chi connectivity index (χ4v) is 2.49. The van der Waals surface area contributed by atoms with Crippen LogP contribution >= 0.6 is 11.8 Å². The minimum absolute atomic E-state index is 0.0517. The Morgan fingerprint density at radius 1 is 1.44 bits per heavy atom. The van der Waals surface area contributed by atoms with E-state index < -0.39 is 0 Å². The Labute approximate surface area is 114 Å². The molecule has 0 radical (unpaired) electrons. The number of amides is 1. The van der Waals surface area contributed by atoms with Gasteiger partial charge in [0.2, 0.25) is 5.91 Å². The summed E-state index contributed by atoms with van der Waals surface area (Å²) < 4.78 is 0. The van der Waals surface area contributed by atoms with E-state index in [0.29, 0.717) is 17.5 Å². The van der Waals surface area contributed by atoms with E-state index in [9.17, 15) is 4.79 Å². The van der Waals surface area contributed by atoms with Crippen LogP contribution in [0.2, 0.25) is 0 Å². The first kappa shape index (κ1) is 15.1. The largest absolute Gasteiger partial charge is 0.330 e. The standard InChI is InChI=1S/C14H22N2OS/c1-10-4-5-13(11(2)8-10)16-14(17)9-18-12(3)6-7-15/h4-5,8,12H,6-7,9,15H2,1-3H3,(H,16,17). The summed E-state index contributed by atoms with van der Waals surface area (Å²) in [6.45, 7) is 6.82. The Morgan fingerprint density at radius 2 is 2.17 bits per heavy atom. The summed E-state index contributed by atoms with van der Waals surface area (Å²) in [5, 5.41) is 3.37. The summed E-state index contributed by atoms with van der Waals surface area (Å²) in [4.78, 5) is 11.8. The number of nitrogens with two attached hydrogens (primary N) is 1. The zero-order valence-corrected chi connectivity index (χ0v) is 12.1. The van der Waals surface area contributed by atoms with E-state index in [1.807, 2.05) is 26.0 Å². The highest BCUT2D eigenvalue weighted by Crippen LogP contribution is 2.18. The Kier molecular flexibility index (Phi) is 6.22. The van der Waals surface area contributed by atoms with E-state index in [1.54, 1.807) is 11.8 Å². The maximum Gasteiger partial charge on any atom is 0.234 e. The third kappa shape index (κ3) is 5.10. The van der Waals surface area contributed by atoms with E-state index in [-0.39, 0.29) is 5.91 Å². The molecule has 0 heterocycles. The number of carbonyl (C=O) groups excluding carboxylic acids is 1. The quantitative estimate of drug-likeness (QED) is 0.832. The normalized spacial score (nSPS) is 12.2. The predicted molar refractivity (Wildman–Crippen MR) is 80.1 cm³/mol. The molecule has 0 fully saturated rings. The molecule has 100 valence electrons. The van der Waals surface area contributed by atoms with Gasteiger partial charge in [0.05, 0.1) is 5.75 Å². The van der Waals surface area contributed by atoms with E-state index in [2.05, 4.69) is 18.3 Å². The van der Waals surface area contributed by atoms with Gasteiger partial charge in [-0.05, 0) is 38.4 Å². The average molecular weight is 266 g/mol. The van der Waals surface area contributed by atoms with Crippen molar-refractivity contribution in [2.24, 2.45) is 5.73 Å². The number of thioether (sulfide) groups is 1. The number of benzene rings is 1. The topological polar surface area (TPSA) is 55.1 Å². The van der Waals surface area contributed by atoms with Crippen molar-refractivity contribution < 1.29 is 4.79 Å². The van der Waals surface area contributed by atoms with Crippen LogP contribution in [0.5, 0.6) is 0 Å². The second-order valence-corrected chi connectivity index (χ2v) is 5.99. The van der Waals surface area contributed by atoms with Crippen LogP contribution < -0.4 is 11.1 Å². The molecular formula is C14H22N2OS. The number of aryl methyl sites for hydroxylation is 2. The number of nitrogens with one attached hydrogen (secondary N) is 1. The molecule has 1 unspecified atom stereocenters. The highest BCUT2D eigenvalue weighted by molar-refractivity contribution is 8.00. The molecule has 0 aliphatic rings. The van der Waals surface area contributed by atoms with Crippen LogP contribution in [-0.4, -0.2) is 23.5 Å². The second-order valence-electron chi connectivity index (χ2n) is 4.57. The number of hydrogen-bond acceptors (Lipinski definition) is 3. The minimum atomic E-state index is 0.0517.